The fourth-order valence-corrected chi connectivity index (χ4v) is 9.04. The summed E-state index contributed by atoms with van der Waals surface area (Å²) in [6.07, 6.45) is 22.8. The van der Waals surface area contributed by atoms with E-state index in [9.17, 15) is 45.3 Å². The third-order valence-corrected chi connectivity index (χ3v) is 13.6. The Labute approximate surface area is 410 Å². The summed E-state index contributed by atoms with van der Waals surface area (Å²) in [4.78, 5) is 25.8. The number of hydrogen-bond donors (Lipinski definition) is 7. The molecule has 0 aliphatic carbocycles. The molecule has 0 aromatic carbocycles. The number of hydrogen-bond acceptors (Lipinski definition) is 15. The van der Waals surface area contributed by atoms with Gasteiger partial charge in [0.1, 0.15) is 55.4 Å². The lowest BCUT2D eigenvalue weighted by Gasteiger charge is -2.42. The second-order valence-corrected chi connectivity index (χ2v) is 19.8. The molecule has 2 saturated heterocycles. The van der Waals surface area contributed by atoms with Gasteiger partial charge in [0.05, 0.1) is 19.8 Å². The Balaban J connectivity index is 1.74. The van der Waals surface area contributed by atoms with Crippen LogP contribution in [0, 0.1) is 0 Å². The predicted octanol–water partition coefficient (Wildman–Crippen LogP) is 8.39. The van der Waals surface area contributed by atoms with E-state index in [0.717, 1.165) is 38.5 Å². The van der Waals surface area contributed by atoms with E-state index in [0.29, 0.717) is 12.8 Å². The Hall–Kier alpha value is -1.50. The van der Waals surface area contributed by atoms with Crippen molar-refractivity contribution in [3.8, 4) is 0 Å². The van der Waals surface area contributed by atoms with E-state index in [2.05, 4.69) is 13.8 Å². The number of ether oxygens (including phenoxy) is 6. The van der Waals surface area contributed by atoms with Crippen LogP contribution in [0.15, 0.2) is 0 Å². The molecule has 402 valence electrons. The van der Waals surface area contributed by atoms with Crippen molar-refractivity contribution < 1.29 is 73.8 Å². The van der Waals surface area contributed by atoms with Gasteiger partial charge in [0.15, 0.2) is 18.7 Å². The van der Waals surface area contributed by atoms with Crippen LogP contribution in [-0.2, 0) is 38.0 Å². The second kappa shape index (κ2) is 41.0. The zero-order chi connectivity index (χ0) is 49.6. The monoisotopic (exact) mass is 977 g/mol. The lowest BCUT2D eigenvalue weighted by Crippen LogP contribution is -2.61. The molecule has 15 nitrogen and oxygen atoms in total. The average molecular weight is 977 g/mol. The number of unbranched alkanes of at least 4 members (excludes halogenated alkanes) is 30. The van der Waals surface area contributed by atoms with E-state index in [1.54, 1.807) is 0 Å². The van der Waals surface area contributed by atoms with Crippen LogP contribution in [0.25, 0.3) is 0 Å². The maximum absolute atomic E-state index is 13.0. The van der Waals surface area contributed by atoms with Gasteiger partial charge in [0.25, 0.3) is 0 Å². The summed E-state index contributed by atoms with van der Waals surface area (Å²) in [7, 11) is 0. The van der Waals surface area contributed by atoms with Gasteiger partial charge in [-0.15, -0.1) is 0 Å². The summed E-state index contributed by atoms with van der Waals surface area (Å²) >= 11 is 0. The van der Waals surface area contributed by atoms with Crippen LogP contribution in [0.5, 0.6) is 0 Å². The zero-order valence-electron chi connectivity index (χ0n) is 42.6. The highest BCUT2D eigenvalue weighted by molar-refractivity contribution is 5.70. The summed E-state index contributed by atoms with van der Waals surface area (Å²) in [6, 6.07) is 0. The highest BCUT2D eigenvalue weighted by Crippen LogP contribution is 2.27. The standard InChI is InChI=1S/C53H100O15/c1-3-5-7-9-11-13-15-16-17-18-19-20-21-22-23-24-26-28-30-32-34-36-45(56)66-41(38-63-44(55)35-33-31-29-27-25-14-12-10-8-6-4-2)39-64-52-51(62)49(60)47(58)43(68-52)40-65-53-50(61)48(59)46(57)42(37-54)67-53/h41-43,46-54,57-62H,3-40H2,1-2H3. The molecule has 2 heterocycles. The molecule has 11 atom stereocenters. The third kappa shape index (κ3) is 28.5. The molecule has 2 fully saturated rings. The lowest BCUT2D eigenvalue weighted by atomic mass is 9.98. The molecular formula is C53H100O15. The van der Waals surface area contributed by atoms with Crippen molar-refractivity contribution in [1.29, 1.82) is 0 Å². The molecule has 7 N–H and O–H groups in total. The van der Waals surface area contributed by atoms with E-state index in [1.165, 1.54) is 154 Å². The van der Waals surface area contributed by atoms with Gasteiger partial charge in [-0.3, -0.25) is 9.59 Å². The molecule has 2 aliphatic heterocycles. The average Bonchev–Trinajstić information content (AvgIpc) is 3.33. The summed E-state index contributed by atoms with van der Waals surface area (Å²) in [5, 5.41) is 72.1. The molecule has 0 bridgehead atoms. The van der Waals surface area contributed by atoms with E-state index in [-0.39, 0.29) is 26.1 Å². The molecule has 0 spiro atoms. The first-order valence-electron chi connectivity index (χ1n) is 27.6. The molecule has 2 rings (SSSR count). The Morgan fingerprint density at radius 2 is 0.750 bits per heavy atom. The Morgan fingerprint density at radius 1 is 0.412 bits per heavy atom. The summed E-state index contributed by atoms with van der Waals surface area (Å²) < 4.78 is 33.6. The topological polar surface area (TPSA) is 231 Å². The Kier molecular flexibility index (Phi) is 37.8. The van der Waals surface area contributed by atoms with Crippen molar-refractivity contribution in [1.82, 2.24) is 0 Å². The van der Waals surface area contributed by atoms with Crippen molar-refractivity contribution in [3.05, 3.63) is 0 Å². The van der Waals surface area contributed by atoms with Gasteiger partial charge in [-0.1, -0.05) is 206 Å². The minimum Gasteiger partial charge on any atom is -0.462 e. The van der Waals surface area contributed by atoms with E-state index in [4.69, 9.17) is 28.4 Å². The highest BCUT2D eigenvalue weighted by atomic mass is 16.7. The van der Waals surface area contributed by atoms with Gasteiger partial charge in [0.2, 0.25) is 0 Å². The first-order valence-corrected chi connectivity index (χ1v) is 27.6. The SMILES string of the molecule is CCCCCCCCCCCCCCCCCCCCCCCC(=O)OC(COC(=O)CCCCCCCCCCCCC)COC1OC(COC2OC(CO)C(O)C(O)C2O)C(O)C(O)C1O. The van der Waals surface area contributed by atoms with Crippen molar-refractivity contribution in [2.24, 2.45) is 0 Å². The van der Waals surface area contributed by atoms with Gasteiger partial charge in [-0.25, -0.2) is 0 Å². The van der Waals surface area contributed by atoms with Gasteiger partial charge < -0.3 is 64.2 Å². The third-order valence-electron chi connectivity index (χ3n) is 13.6. The van der Waals surface area contributed by atoms with Gasteiger partial charge in [0, 0.05) is 12.8 Å². The van der Waals surface area contributed by atoms with Crippen molar-refractivity contribution in [2.45, 2.75) is 300 Å². The maximum atomic E-state index is 13.0. The van der Waals surface area contributed by atoms with Crippen LogP contribution in [0.1, 0.15) is 232 Å². The number of carbonyl (C=O) groups is 2. The first-order chi connectivity index (χ1) is 33.0. The molecule has 68 heavy (non-hydrogen) atoms. The normalized spacial score (nSPS) is 25.7. The molecule has 0 radical (unpaired) electrons. The van der Waals surface area contributed by atoms with Crippen molar-refractivity contribution in [2.75, 3.05) is 26.4 Å². The highest BCUT2D eigenvalue weighted by Gasteiger charge is 2.47. The van der Waals surface area contributed by atoms with Gasteiger partial charge >= 0.3 is 11.9 Å². The van der Waals surface area contributed by atoms with Crippen LogP contribution in [-0.4, -0.2) is 142 Å². The summed E-state index contributed by atoms with van der Waals surface area (Å²) in [6.45, 7) is 2.63. The van der Waals surface area contributed by atoms with Gasteiger partial charge in [-0.2, -0.15) is 0 Å². The van der Waals surface area contributed by atoms with Crippen LogP contribution in [0.4, 0.5) is 0 Å². The number of aliphatic hydroxyl groups is 7. The number of rotatable bonds is 44. The van der Waals surface area contributed by atoms with E-state index < -0.39 is 92.7 Å². The minimum absolute atomic E-state index is 0.174. The van der Waals surface area contributed by atoms with Crippen molar-refractivity contribution in [3.63, 3.8) is 0 Å². The second-order valence-electron chi connectivity index (χ2n) is 19.8. The van der Waals surface area contributed by atoms with Crippen molar-refractivity contribution >= 4 is 11.9 Å². The molecular weight excluding hydrogens is 877 g/mol. The largest absolute Gasteiger partial charge is 0.462 e. The fourth-order valence-electron chi connectivity index (χ4n) is 9.04. The molecule has 0 saturated carbocycles. The minimum atomic E-state index is -1.76. The first kappa shape index (κ1) is 62.6. The van der Waals surface area contributed by atoms with Crippen LogP contribution in [0.2, 0.25) is 0 Å². The molecule has 0 amide bonds. The fraction of sp³-hybridized carbons (Fsp3) is 0.962. The summed E-state index contributed by atoms with van der Waals surface area (Å²) in [5.74, 6) is -0.909. The molecule has 15 heteroatoms. The van der Waals surface area contributed by atoms with E-state index >= 15 is 0 Å². The number of esters is 2. The lowest BCUT2D eigenvalue weighted by molar-refractivity contribution is -0.332. The number of carbonyl (C=O) groups excluding carboxylic acids is 2. The Morgan fingerprint density at radius 3 is 1.15 bits per heavy atom. The van der Waals surface area contributed by atoms with Crippen LogP contribution < -0.4 is 0 Å². The Bertz CT molecular complexity index is 1190. The van der Waals surface area contributed by atoms with E-state index in [1.807, 2.05) is 0 Å². The molecule has 2 aliphatic rings. The molecule has 11 unspecified atom stereocenters. The smallest absolute Gasteiger partial charge is 0.306 e. The van der Waals surface area contributed by atoms with Gasteiger partial charge in [-0.05, 0) is 12.8 Å². The van der Waals surface area contributed by atoms with Crippen LogP contribution >= 0.6 is 0 Å². The maximum Gasteiger partial charge on any atom is 0.306 e. The zero-order valence-corrected chi connectivity index (χ0v) is 42.6. The molecule has 0 aromatic rings. The number of aliphatic hydroxyl groups excluding tert-OH is 7. The molecule has 0 aromatic heterocycles. The summed E-state index contributed by atoms with van der Waals surface area (Å²) in [5.41, 5.74) is 0. The van der Waals surface area contributed by atoms with Crippen LogP contribution in [0.3, 0.4) is 0 Å². The predicted molar refractivity (Wildman–Crippen MR) is 262 cm³/mol. The quantitative estimate of drug-likeness (QED) is 0.0225.